The number of carbonyl (C=O) groups is 1. The number of aliphatic hydroxyl groups is 1. The lowest BCUT2D eigenvalue weighted by atomic mass is 10.2. The molecule has 0 amide bonds. The van der Waals surface area contributed by atoms with Crippen LogP contribution >= 0.6 is 0 Å². The van der Waals surface area contributed by atoms with E-state index in [-0.39, 0.29) is 18.3 Å². The molecule has 0 aliphatic carbocycles. The Morgan fingerprint density at radius 2 is 2.29 bits per heavy atom. The lowest BCUT2D eigenvalue weighted by Crippen LogP contribution is -2.28. The zero-order chi connectivity index (χ0) is 12.7. The quantitative estimate of drug-likeness (QED) is 0.236. The second-order valence-corrected chi connectivity index (χ2v) is 3.51. The number of aliphatic hydroxyl groups excluding tert-OH is 1. The predicted molar refractivity (Wildman–Crippen MR) is 58.9 cm³/mol. The molecule has 17 heavy (non-hydrogen) atoms. The zero-order valence-electron chi connectivity index (χ0n) is 9.28. The molecule has 1 heterocycles. The molecule has 1 rings (SSSR count). The van der Waals surface area contributed by atoms with Gasteiger partial charge in [-0.15, -0.1) is 0 Å². The van der Waals surface area contributed by atoms with Gasteiger partial charge in [0.25, 0.3) is 0 Å². The summed E-state index contributed by atoms with van der Waals surface area (Å²) in [6.45, 7) is -0.0581. The normalized spacial score (nSPS) is 25.1. The summed E-state index contributed by atoms with van der Waals surface area (Å²) in [6.07, 6.45) is 5.66. The topological polar surface area (TPSA) is 102 Å². The first-order valence-corrected chi connectivity index (χ1v) is 5.24. The van der Waals surface area contributed by atoms with Crippen molar-refractivity contribution in [3.05, 3.63) is 24.0 Å². The number of hydrogen-bond donors (Lipinski definition) is 3. The van der Waals surface area contributed by atoms with Crippen LogP contribution in [0, 0.1) is 0 Å². The second kappa shape index (κ2) is 6.82. The maximum Gasteiger partial charge on any atom is 0.338 e. The van der Waals surface area contributed by atoms with E-state index < -0.39 is 12.3 Å². The molecule has 0 saturated carbocycles. The predicted octanol–water partition coefficient (Wildman–Crippen LogP) is -1.14. The fourth-order valence-corrected chi connectivity index (χ4v) is 1.38. The Balaban J connectivity index is 2.52. The summed E-state index contributed by atoms with van der Waals surface area (Å²) in [4.78, 5) is 10.8. The van der Waals surface area contributed by atoms with Crippen LogP contribution < -0.4 is 5.41 Å². The molecule has 0 radical (unpaired) electrons. The van der Waals surface area contributed by atoms with Gasteiger partial charge in [0.15, 0.2) is 12.5 Å². The van der Waals surface area contributed by atoms with Crippen molar-refractivity contribution >= 4 is 12.2 Å². The van der Waals surface area contributed by atoms with E-state index in [9.17, 15) is 4.79 Å². The summed E-state index contributed by atoms with van der Waals surface area (Å²) < 4.78 is 10.5. The van der Waals surface area contributed by atoms with Crippen LogP contribution in [0.15, 0.2) is 24.0 Å². The van der Waals surface area contributed by atoms with Crippen LogP contribution in [0.2, 0.25) is 0 Å². The number of nitrogens with two attached hydrogens (primary N) is 1. The molecule has 0 bridgehead atoms. The maximum absolute atomic E-state index is 10.8. The maximum atomic E-state index is 10.8. The van der Waals surface area contributed by atoms with Crippen LogP contribution in [0.5, 0.6) is 0 Å². The molecule has 2 unspecified atom stereocenters. The van der Waals surface area contributed by atoms with Crippen molar-refractivity contribution in [1.29, 1.82) is 0 Å². The number of aliphatic carboxylic acids is 1. The molecule has 2 atom stereocenters. The summed E-state index contributed by atoms with van der Waals surface area (Å²) >= 11 is 0. The lowest BCUT2D eigenvalue weighted by Gasteiger charge is -2.11. The molecule has 0 spiro atoms. The van der Waals surface area contributed by atoms with Crippen molar-refractivity contribution in [3.8, 4) is 0 Å². The number of hydrogen-bond acceptors (Lipinski definition) is 4. The van der Waals surface area contributed by atoms with Gasteiger partial charge in [-0.05, 0) is 12.5 Å². The highest BCUT2D eigenvalue weighted by Gasteiger charge is 2.25. The van der Waals surface area contributed by atoms with Crippen molar-refractivity contribution in [2.45, 2.75) is 25.2 Å². The van der Waals surface area contributed by atoms with Crippen molar-refractivity contribution in [2.24, 2.45) is 0 Å². The van der Waals surface area contributed by atoms with E-state index in [0.717, 1.165) is 6.26 Å². The minimum atomic E-state index is -1.11. The van der Waals surface area contributed by atoms with Crippen LogP contribution in [0.3, 0.4) is 0 Å². The van der Waals surface area contributed by atoms with Crippen LogP contribution in [-0.4, -0.2) is 41.4 Å². The Hall–Kier alpha value is -1.66. The van der Waals surface area contributed by atoms with E-state index in [2.05, 4.69) is 0 Å². The Kier molecular flexibility index (Phi) is 5.38. The first kappa shape index (κ1) is 13.4. The third-order valence-corrected chi connectivity index (χ3v) is 2.25. The van der Waals surface area contributed by atoms with Gasteiger partial charge in [0, 0.05) is 12.5 Å². The van der Waals surface area contributed by atoms with Gasteiger partial charge in [0.2, 0.25) is 0 Å². The molecule has 94 valence electrons. The van der Waals surface area contributed by atoms with Crippen LogP contribution in [0.25, 0.3) is 0 Å². The van der Waals surface area contributed by atoms with Crippen LogP contribution in [0.4, 0.5) is 0 Å². The Morgan fingerprint density at radius 3 is 2.82 bits per heavy atom. The van der Waals surface area contributed by atoms with Crippen LogP contribution in [-0.2, 0) is 14.3 Å². The SMILES string of the molecule is [NH2+]=C/C=C\C(=C/OC1CCC(CO)O1)C(=O)O. The average Bonchev–Trinajstić information content (AvgIpc) is 2.76. The van der Waals surface area contributed by atoms with Gasteiger partial charge in [-0.25, -0.2) is 4.79 Å². The highest BCUT2D eigenvalue weighted by Crippen LogP contribution is 2.20. The smallest absolute Gasteiger partial charge is 0.338 e. The largest absolute Gasteiger partial charge is 0.478 e. The van der Waals surface area contributed by atoms with Crippen molar-refractivity contribution in [2.75, 3.05) is 6.61 Å². The van der Waals surface area contributed by atoms with E-state index in [1.165, 1.54) is 18.4 Å². The molecule has 4 N–H and O–H groups in total. The third-order valence-electron chi connectivity index (χ3n) is 2.25. The fraction of sp³-hybridized carbons (Fsp3) is 0.455. The molecule has 0 aromatic rings. The highest BCUT2D eigenvalue weighted by molar-refractivity contribution is 5.90. The van der Waals surface area contributed by atoms with Crippen molar-refractivity contribution < 1.29 is 29.9 Å². The molecule has 1 saturated heterocycles. The summed E-state index contributed by atoms with van der Waals surface area (Å²) in [5.74, 6) is -1.11. The van der Waals surface area contributed by atoms with Gasteiger partial charge in [-0.3, -0.25) is 5.41 Å². The second-order valence-electron chi connectivity index (χ2n) is 3.51. The van der Waals surface area contributed by atoms with Gasteiger partial charge < -0.3 is 19.7 Å². The first-order valence-electron chi connectivity index (χ1n) is 5.24. The van der Waals surface area contributed by atoms with Gasteiger partial charge in [0.1, 0.15) is 6.26 Å². The summed E-state index contributed by atoms with van der Waals surface area (Å²) in [6, 6.07) is 0. The average molecular weight is 242 g/mol. The minimum absolute atomic E-state index is 0.0252. The van der Waals surface area contributed by atoms with E-state index in [0.29, 0.717) is 12.8 Å². The first-order chi connectivity index (χ1) is 8.17. The number of ether oxygens (including phenoxy) is 2. The number of rotatable bonds is 6. The molecule has 1 aliphatic rings. The molecule has 0 aromatic carbocycles. The van der Waals surface area contributed by atoms with E-state index >= 15 is 0 Å². The Labute approximate surface area is 98.7 Å². The molecule has 0 aromatic heterocycles. The summed E-state index contributed by atoms with van der Waals surface area (Å²) in [5.41, 5.74) is -0.0252. The Morgan fingerprint density at radius 1 is 1.53 bits per heavy atom. The number of allylic oxidation sites excluding steroid dienone is 1. The molecule has 6 heteroatoms. The molecule has 1 fully saturated rings. The van der Waals surface area contributed by atoms with Crippen molar-refractivity contribution in [3.63, 3.8) is 0 Å². The monoisotopic (exact) mass is 242 g/mol. The van der Waals surface area contributed by atoms with Crippen molar-refractivity contribution in [1.82, 2.24) is 0 Å². The molecule has 1 aliphatic heterocycles. The summed E-state index contributed by atoms with van der Waals surface area (Å²) in [7, 11) is 0. The zero-order valence-corrected chi connectivity index (χ0v) is 9.28. The lowest BCUT2D eigenvalue weighted by molar-refractivity contribution is -0.133. The standard InChI is InChI=1S/C11H15NO5/c12-5-1-2-8(11(14)15)7-16-10-4-3-9(6-13)17-10/h1-2,5,7,9-10,12-13H,3-4,6H2,(H,14,15)/p+1/b2-1-,8-7+,12-5?. The van der Waals surface area contributed by atoms with E-state index in [4.69, 9.17) is 25.1 Å². The molecule has 6 nitrogen and oxygen atoms in total. The van der Waals surface area contributed by atoms with Crippen LogP contribution in [0.1, 0.15) is 12.8 Å². The van der Waals surface area contributed by atoms with Gasteiger partial charge in [-0.2, -0.15) is 0 Å². The highest BCUT2D eigenvalue weighted by atomic mass is 16.7. The van der Waals surface area contributed by atoms with Gasteiger partial charge >= 0.3 is 5.97 Å². The molecular weight excluding hydrogens is 226 g/mol. The van der Waals surface area contributed by atoms with E-state index in [1.54, 1.807) is 0 Å². The fourth-order valence-electron chi connectivity index (χ4n) is 1.38. The van der Waals surface area contributed by atoms with E-state index in [1.807, 2.05) is 0 Å². The third kappa shape index (κ3) is 4.38. The van der Waals surface area contributed by atoms with Gasteiger partial charge in [0.05, 0.1) is 18.3 Å². The Bertz CT molecular complexity index is 337. The number of carboxylic acids is 1. The van der Waals surface area contributed by atoms with Gasteiger partial charge in [-0.1, -0.05) is 0 Å². The molecular formula is C11H16NO5+. The minimum Gasteiger partial charge on any atom is -0.478 e. The summed E-state index contributed by atoms with van der Waals surface area (Å²) in [5, 5.41) is 22.8. The number of carboxylic acid groups (broad SMARTS) is 1.